The third-order valence-electron chi connectivity index (χ3n) is 6.56. The number of nitrogens with zero attached hydrogens (tertiary/aromatic N) is 2. The van der Waals surface area contributed by atoms with Gasteiger partial charge < -0.3 is 14.4 Å². The van der Waals surface area contributed by atoms with Gasteiger partial charge in [0.2, 0.25) is 6.23 Å². The zero-order valence-electron chi connectivity index (χ0n) is 17.4. The molecule has 4 atom stereocenters. The maximum atomic E-state index is 12.4. The molecule has 2 aliphatic rings. The van der Waals surface area contributed by atoms with Crippen LogP contribution in [0.1, 0.15) is 36.8 Å². The number of carbonyl (C=O) groups is 1. The first-order chi connectivity index (χ1) is 13.8. The first-order valence-corrected chi connectivity index (χ1v) is 10.5. The number of para-hydroxylation sites is 1. The van der Waals surface area contributed by atoms with Crippen molar-refractivity contribution in [3.63, 3.8) is 0 Å². The van der Waals surface area contributed by atoms with E-state index in [0.717, 1.165) is 30.2 Å². The Bertz CT molecular complexity index is 934. The van der Waals surface area contributed by atoms with Crippen molar-refractivity contribution in [2.45, 2.75) is 31.9 Å². The molecule has 2 aliphatic heterocycles. The van der Waals surface area contributed by atoms with E-state index in [9.17, 15) is 4.79 Å². The first kappa shape index (κ1) is 20.0. The lowest BCUT2D eigenvalue weighted by Crippen LogP contribution is -2.52. The quantitative estimate of drug-likeness (QED) is 0.646. The Labute approximate surface area is 177 Å². The highest BCUT2D eigenvalue weighted by molar-refractivity contribution is 6.30. The van der Waals surface area contributed by atoms with Gasteiger partial charge in [-0.05, 0) is 31.2 Å². The number of ether oxygens (including phenoxy) is 2. The summed E-state index contributed by atoms with van der Waals surface area (Å²) in [6.07, 6.45) is -0.530. The van der Waals surface area contributed by atoms with Gasteiger partial charge in [-0.2, -0.15) is 0 Å². The second-order valence-electron chi connectivity index (χ2n) is 8.38. The number of hydrogen-bond acceptors (Lipinski definition) is 3. The highest BCUT2D eigenvalue weighted by atomic mass is 35.5. The van der Waals surface area contributed by atoms with Crippen molar-refractivity contribution in [2.24, 2.45) is 0 Å². The fourth-order valence-electron chi connectivity index (χ4n) is 4.55. The smallest absolute Gasteiger partial charge is 0.414 e. The topological polar surface area (TPSA) is 38.8 Å². The Morgan fingerprint density at radius 1 is 1.21 bits per heavy atom. The summed E-state index contributed by atoms with van der Waals surface area (Å²) < 4.78 is 12.8. The standard InChI is InChI=1S/C23H28ClN2O3/c1-5-25(3)23(27)28-15(2)26(4)13-19-17-8-6-7-9-21(17)29-22-11-10-16(24)12-18(22)20(19)14-26/h6-12,15,19-20H,5,13-14H2,1-4H3/q+1. The van der Waals surface area contributed by atoms with E-state index in [0.29, 0.717) is 16.1 Å². The number of carbonyl (C=O) groups excluding carboxylic acids is 1. The highest BCUT2D eigenvalue weighted by Crippen LogP contribution is 2.52. The molecule has 0 radical (unpaired) electrons. The van der Waals surface area contributed by atoms with Crippen LogP contribution >= 0.6 is 11.6 Å². The number of benzene rings is 2. The van der Waals surface area contributed by atoms with Crippen LogP contribution in [-0.4, -0.2) is 55.4 Å². The number of likely N-dealkylation sites (N-methyl/N-ethyl adjacent to an activating group) is 1. The molecule has 6 heteroatoms. The summed E-state index contributed by atoms with van der Waals surface area (Å²) in [4.78, 5) is 13.9. The van der Waals surface area contributed by atoms with Gasteiger partial charge in [0.05, 0.1) is 20.1 Å². The van der Waals surface area contributed by atoms with Crippen LogP contribution < -0.4 is 4.74 Å². The molecular weight excluding hydrogens is 388 g/mol. The average Bonchev–Trinajstić information content (AvgIpc) is 3.02. The summed E-state index contributed by atoms with van der Waals surface area (Å²) >= 11 is 6.35. The molecule has 2 aromatic rings. The molecule has 1 saturated heterocycles. The van der Waals surface area contributed by atoms with E-state index in [1.54, 1.807) is 11.9 Å². The van der Waals surface area contributed by atoms with Crippen molar-refractivity contribution in [3.05, 3.63) is 58.6 Å². The Balaban J connectivity index is 1.71. The van der Waals surface area contributed by atoms with Crippen molar-refractivity contribution in [3.8, 4) is 11.5 Å². The second kappa shape index (κ2) is 7.54. The van der Waals surface area contributed by atoms with E-state index in [1.807, 2.05) is 44.2 Å². The lowest BCUT2D eigenvalue weighted by atomic mass is 9.84. The van der Waals surface area contributed by atoms with E-state index in [1.165, 1.54) is 5.56 Å². The van der Waals surface area contributed by atoms with Crippen molar-refractivity contribution in [1.82, 2.24) is 4.90 Å². The largest absolute Gasteiger partial charge is 0.457 e. The van der Waals surface area contributed by atoms with Crippen molar-refractivity contribution >= 4 is 17.7 Å². The van der Waals surface area contributed by atoms with Crippen molar-refractivity contribution in [2.75, 3.05) is 33.7 Å². The predicted molar refractivity (Wildman–Crippen MR) is 114 cm³/mol. The van der Waals surface area contributed by atoms with Gasteiger partial charge >= 0.3 is 6.09 Å². The predicted octanol–water partition coefficient (Wildman–Crippen LogP) is 5.21. The third-order valence-corrected chi connectivity index (χ3v) is 6.79. The Kier molecular flexibility index (Phi) is 5.21. The molecule has 1 fully saturated rings. The molecule has 4 rings (SSSR count). The number of quaternary nitrogens is 1. The minimum Gasteiger partial charge on any atom is -0.457 e. The molecule has 0 aromatic heterocycles. The minimum absolute atomic E-state index is 0.238. The van der Waals surface area contributed by atoms with E-state index >= 15 is 0 Å². The van der Waals surface area contributed by atoms with Crippen LogP contribution in [0, 0.1) is 0 Å². The van der Waals surface area contributed by atoms with Gasteiger partial charge in [0, 0.05) is 48.5 Å². The molecule has 0 bridgehead atoms. The van der Waals surface area contributed by atoms with Crippen LogP contribution in [0.2, 0.25) is 5.02 Å². The summed E-state index contributed by atoms with van der Waals surface area (Å²) in [7, 11) is 3.93. The van der Waals surface area contributed by atoms with Crippen molar-refractivity contribution < 1.29 is 18.8 Å². The molecular formula is C23H28ClN2O3+. The molecule has 4 unspecified atom stereocenters. The lowest BCUT2D eigenvalue weighted by Gasteiger charge is -2.36. The number of amides is 1. The average molecular weight is 416 g/mol. The lowest BCUT2D eigenvalue weighted by molar-refractivity contribution is -0.940. The Hall–Kier alpha value is -2.24. The summed E-state index contributed by atoms with van der Waals surface area (Å²) in [6.45, 7) is 6.26. The molecule has 0 spiro atoms. The zero-order chi connectivity index (χ0) is 20.8. The molecule has 5 nitrogen and oxygen atoms in total. The van der Waals surface area contributed by atoms with E-state index in [2.05, 4.69) is 19.2 Å². The van der Waals surface area contributed by atoms with Crippen LogP contribution in [0.15, 0.2) is 42.5 Å². The fraction of sp³-hybridized carbons (Fsp3) is 0.435. The van der Waals surface area contributed by atoms with Crippen LogP contribution in [0.5, 0.6) is 11.5 Å². The van der Waals surface area contributed by atoms with E-state index in [4.69, 9.17) is 21.1 Å². The van der Waals surface area contributed by atoms with Gasteiger partial charge in [-0.25, -0.2) is 4.79 Å². The zero-order valence-corrected chi connectivity index (χ0v) is 18.1. The van der Waals surface area contributed by atoms with Gasteiger partial charge in [0.15, 0.2) is 0 Å². The van der Waals surface area contributed by atoms with Gasteiger partial charge in [0.25, 0.3) is 0 Å². The molecule has 1 amide bonds. The minimum atomic E-state index is -0.279. The monoisotopic (exact) mass is 415 g/mol. The van der Waals surface area contributed by atoms with Crippen molar-refractivity contribution in [1.29, 1.82) is 0 Å². The maximum Gasteiger partial charge on any atom is 0.414 e. The summed E-state index contributed by atoms with van der Waals surface area (Å²) in [5.74, 6) is 2.26. The number of fused-ring (bicyclic) bond motifs is 5. The van der Waals surface area contributed by atoms with Gasteiger partial charge in [-0.3, -0.25) is 4.48 Å². The molecule has 2 heterocycles. The second-order valence-corrected chi connectivity index (χ2v) is 8.81. The fourth-order valence-corrected chi connectivity index (χ4v) is 4.73. The van der Waals surface area contributed by atoms with Gasteiger partial charge in [0.1, 0.15) is 11.5 Å². The van der Waals surface area contributed by atoms with Crippen LogP contribution in [0.4, 0.5) is 4.79 Å². The Morgan fingerprint density at radius 2 is 1.86 bits per heavy atom. The highest BCUT2D eigenvalue weighted by Gasteiger charge is 2.50. The summed E-state index contributed by atoms with van der Waals surface area (Å²) in [5, 5.41) is 0.710. The van der Waals surface area contributed by atoms with Crippen LogP contribution in [0.25, 0.3) is 0 Å². The van der Waals surface area contributed by atoms with Gasteiger partial charge in [-0.1, -0.05) is 29.8 Å². The summed E-state index contributed by atoms with van der Waals surface area (Å²) in [6, 6.07) is 14.1. The first-order valence-electron chi connectivity index (χ1n) is 10.1. The molecule has 29 heavy (non-hydrogen) atoms. The van der Waals surface area contributed by atoms with Crippen LogP contribution in [0.3, 0.4) is 0 Å². The van der Waals surface area contributed by atoms with Crippen LogP contribution in [-0.2, 0) is 4.74 Å². The SMILES string of the molecule is CCN(C)C(=O)OC(C)[N+]1(C)CC2c3ccccc3Oc3ccc(Cl)cc3C2C1. The van der Waals surface area contributed by atoms with E-state index in [-0.39, 0.29) is 24.2 Å². The number of rotatable bonds is 3. The summed E-state index contributed by atoms with van der Waals surface area (Å²) in [5.41, 5.74) is 2.33. The molecule has 154 valence electrons. The number of hydrogen-bond donors (Lipinski definition) is 0. The third kappa shape index (κ3) is 3.58. The Morgan fingerprint density at radius 3 is 2.59 bits per heavy atom. The van der Waals surface area contributed by atoms with Gasteiger partial charge in [-0.15, -0.1) is 0 Å². The molecule has 0 aliphatic carbocycles. The number of likely N-dealkylation sites (tertiary alicyclic amines) is 1. The maximum absolute atomic E-state index is 12.4. The van der Waals surface area contributed by atoms with E-state index < -0.39 is 0 Å². The normalized spacial score (nSPS) is 25.7. The number of halogens is 1. The molecule has 2 aromatic carbocycles. The molecule has 0 N–H and O–H groups in total. The molecule has 0 saturated carbocycles.